The first-order valence-electron chi connectivity index (χ1n) is 9.06. The molecule has 7 atom stereocenters. The predicted molar refractivity (Wildman–Crippen MR) is 86.1 cm³/mol. The summed E-state index contributed by atoms with van der Waals surface area (Å²) in [5, 5.41) is 2.91. The number of amides is 1. The molecule has 0 bridgehead atoms. The fourth-order valence-electron chi connectivity index (χ4n) is 5.31. The van der Waals surface area contributed by atoms with E-state index < -0.39 is 0 Å². The standard InChI is InChI=1S/C18H27NO5/c1-4-23-18(22)19-12-5-6-13-11(7-12)8-14-16(15(13)9(2)20)10(3)24-17(14)21/h10-16H,4-8H2,1-3H3,(H,19,22)/t10-,11+,12?,13-,14-,15+,16-/m1/s1. The van der Waals surface area contributed by atoms with Gasteiger partial charge in [-0.1, -0.05) is 0 Å². The molecule has 0 aromatic carbocycles. The van der Waals surface area contributed by atoms with Gasteiger partial charge in [-0.3, -0.25) is 9.59 Å². The maximum absolute atomic E-state index is 12.3. The van der Waals surface area contributed by atoms with Crippen LogP contribution in [0.2, 0.25) is 0 Å². The van der Waals surface area contributed by atoms with Crippen LogP contribution in [0.1, 0.15) is 46.5 Å². The summed E-state index contributed by atoms with van der Waals surface area (Å²) in [5.74, 6) is 0.333. The van der Waals surface area contributed by atoms with Gasteiger partial charge in [0.15, 0.2) is 0 Å². The van der Waals surface area contributed by atoms with Gasteiger partial charge < -0.3 is 14.8 Å². The van der Waals surface area contributed by atoms with Gasteiger partial charge in [0.25, 0.3) is 0 Å². The van der Waals surface area contributed by atoms with Crippen molar-refractivity contribution in [2.24, 2.45) is 29.6 Å². The zero-order valence-corrected chi connectivity index (χ0v) is 14.6. The molecule has 0 radical (unpaired) electrons. The lowest BCUT2D eigenvalue weighted by molar-refractivity contribution is -0.144. The van der Waals surface area contributed by atoms with Crippen molar-refractivity contribution >= 4 is 17.8 Å². The minimum Gasteiger partial charge on any atom is -0.462 e. The van der Waals surface area contributed by atoms with Crippen molar-refractivity contribution in [3.8, 4) is 0 Å². The van der Waals surface area contributed by atoms with Crippen LogP contribution < -0.4 is 5.32 Å². The van der Waals surface area contributed by atoms with E-state index in [2.05, 4.69) is 5.32 Å². The van der Waals surface area contributed by atoms with E-state index in [1.807, 2.05) is 6.92 Å². The third-order valence-electron chi connectivity index (χ3n) is 6.15. The summed E-state index contributed by atoms with van der Waals surface area (Å²) >= 11 is 0. The maximum Gasteiger partial charge on any atom is 0.407 e. The second-order valence-corrected chi connectivity index (χ2v) is 7.50. The molecule has 1 saturated heterocycles. The summed E-state index contributed by atoms with van der Waals surface area (Å²) < 4.78 is 10.4. The van der Waals surface area contributed by atoms with E-state index in [0.29, 0.717) is 12.5 Å². The highest BCUT2D eigenvalue weighted by molar-refractivity contribution is 5.83. The largest absolute Gasteiger partial charge is 0.462 e. The molecule has 134 valence electrons. The lowest BCUT2D eigenvalue weighted by Gasteiger charge is -2.47. The highest BCUT2D eigenvalue weighted by Gasteiger charge is 2.56. The first-order valence-corrected chi connectivity index (χ1v) is 9.06. The van der Waals surface area contributed by atoms with Gasteiger partial charge in [0, 0.05) is 17.9 Å². The van der Waals surface area contributed by atoms with Crippen LogP contribution in [0.4, 0.5) is 4.79 Å². The monoisotopic (exact) mass is 337 g/mol. The van der Waals surface area contributed by atoms with Gasteiger partial charge in [-0.15, -0.1) is 0 Å². The van der Waals surface area contributed by atoms with E-state index >= 15 is 0 Å². The van der Waals surface area contributed by atoms with Crippen molar-refractivity contribution in [3.63, 3.8) is 0 Å². The van der Waals surface area contributed by atoms with Crippen LogP contribution >= 0.6 is 0 Å². The van der Waals surface area contributed by atoms with Crippen molar-refractivity contribution in [2.75, 3.05) is 6.61 Å². The summed E-state index contributed by atoms with van der Waals surface area (Å²) in [7, 11) is 0. The van der Waals surface area contributed by atoms with Gasteiger partial charge in [-0.25, -0.2) is 4.79 Å². The zero-order chi connectivity index (χ0) is 17.4. The predicted octanol–water partition coefficient (Wildman–Crippen LogP) is 2.30. The van der Waals surface area contributed by atoms with Crippen LogP contribution in [-0.4, -0.2) is 36.6 Å². The number of nitrogens with one attached hydrogen (secondary N) is 1. The number of ether oxygens (including phenoxy) is 2. The highest BCUT2D eigenvalue weighted by Crippen LogP contribution is 2.53. The van der Waals surface area contributed by atoms with E-state index in [-0.39, 0.29) is 53.7 Å². The summed E-state index contributed by atoms with van der Waals surface area (Å²) in [4.78, 5) is 36.2. The van der Waals surface area contributed by atoms with E-state index in [9.17, 15) is 14.4 Å². The van der Waals surface area contributed by atoms with E-state index in [1.165, 1.54) is 0 Å². The van der Waals surface area contributed by atoms with E-state index in [1.54, 1.807) is 13.8 Å². The highest BCUT2D eigenvalue weighted by atomic mass is 16.6. The maximum atomic E-state index is 12.3. The number of Topliss-reactive ketones (excluding diaryl/α,β-unsaturated/α-hetero) is 1. The molecule has 6 nitrogen and oxygen atoms in total. The Labute approximate surface area is 142 Å². The summed E-state index contributed by atoms with van der Waals surface area (Å²) in [6.07, 6.45) is 2.77. The van der Waals surface area contributed by atoms with Gasteiger partial charge in [0.2, 0.25) is 0 Å². The van der Waals surface area contributed by atoms with Crippen molar-refractivity contribution < 1.29 is 23.9 Å². The van der Waals surface area contributed by atoms with Crippen molar-refractivity contribution in [3.05, 3.63) is 0 Å². The lowest BCUT2D eigenvalue weighted by atomic mass is 9.56. The van der Waals surface area contributed by atoms with E-state index in [0.717, 1.165) is 25.7 Å². The quantitative estimate of drug-likeness (QED) is 0.799. The molecule has 3 aliphatic rings. The molecule has 1 N–H and O–H groups in total. The minimum absolute atomic E-state index is 0.0193. The molecule has 1 heterocycles. The third-order valence-corrected chi connectivity index (χ3v) is 6.15. The van der Waals surface area contributed by atoms with Crippen LogP contribution in [0.3, 0.4) is 0 Å². The summed E-state index contributed by atoms with van der Waals surface area (Å²) in [6, 6.07) is 0.0595. The molecule has 1 aliphatic heterocycles. The average molecular weight is 337 g/mol. The fraction of sp³-hybridized carbons (Fsp3) is 0.833. The van der Waals surface area contributed by atoms with Crippen LogP contribution in [0, 0.1) is 29.6 Å². The molecule has 3 fully saturated rings. The first-order chi connectivity index (χ1) is 11.4. The molecule has 24 heavy (non-hydrogen) atoms. The molecular formula is C18H27NO5. The van der Waals surface area contributed by atoms with Gasteiger partial charge in [-0.05, 0) is 58.3 Å². The number of rotatable bonds is 3. The number of alkyl carbamates (subject to hydrolysis) is 1. The van der Waals surface area contributed by atoms with Crippen LogP contribution in [0.5, 0.6) is 0 Å². The molecule has 0 spiro atoms. The lowest BCUT2D eigenvalue weighted by Crippen LogP contribution is -2.50. The number of hydrogen-bond donors (Lipinski definition) is 1. The minimum atomic E-state index is -0.383. The Morgan fingerprint density at radius 1 is 1.29 bits per heavy atom. The van der Waals surface area contributed by atoms with E-state index in [4.69, 9.17) is 9.47 Å². The second kappa shape index (κ2) is 6.73. The number of hydrogen-bond acceptors (Lipinski definition) is 5. The normalized spacial score (nSPS) is 41.0. The molecule has 6 heteroatoms. The molecule has 0 aromatic rings. The Morgan fingerprint density at radius 2 is 2.04 bits per heavy atom. The SMILES string of the molecule is CCOC(=O)NC1CC[C@@H]2[C@@H](C1)C[C@H]1C(=O)O[C@H](C)[C@H]1[C@H]2C(C)=O. The van der Waals surface area contributed by atoms with Gasteiger partial charge >= 0.3 is 12.1 Å². The Hall–Kier alpha value is -1.59. The Bertz CT molecular complexity index is 534. The van der Waals surface area contributed by atoms with Crippen LogP contribution in [0.25, 0.3) is 0 Å². The number of esters is 1. The molecule has 2 saturated carbocycles. The number of cyclic esters (lactones) is 1. The van der Waals surface area contributed by atoms with Crippen molar-refractivity contribution in [1.82, 2.24) is 5.32 Å². The topological polar surface area (TPSA) is 81.7 Å². The molecular weight excluding hydrogens is 310 g/mol. The van der Waals surface area contributed by atoms with Crippen LogP contribution in [-0.2, 0) is 19.1 Å². The van der Waals surface area contributed by atoms with Gasteiger partial charge in [0.1, 0.15) is 11.9 Å². The van der Waals surface area contributed by atoms with Crippen molar-refractivity contribution in [1.29, 1.82) is 0 Å². The second-order valence-electron chi connectivity index (χ2n) is 7.50. The Balaban J connectivity index is 1.74. The van der Waals surface area contributed by atoms with Crippen LogP contribution in [0.15, 0.2) is 0 Å². The first kappa shape index (κ1) is 17.2. The number of fused-ring (bicyclic) bond motifs is 2. The Kier molecular flexibility index (Phi) is 4.83. The molecule has 0 aromatic heterocycles. The number of carbonyl (C=O) groups is 3. The smallest absolute Gasteiger partial charge is 0.407 e. The Morgan fingerprint density at radius 3 is 2.71 bits per heavy atom. The molecule has 1 amide bonds. The summed E-state index contributed by atoms with van der Waals surface area (Å²) in [6.45, 7) is 5.68. The number of ketones is 1. The average Bonchev–Trinajstić information content (AvgIpc) is 2.79. The van der Waals surface area contributed by atoms with Gasteiger partial charge in [-0.2, -0.15) is 0 Å². The third kappa shape index (κ3) is 3.03. The molecule has 2 aliphatic carbocycles. The van der Waals surface area contributed by atoms with Crippen molar-refractivity contribution in [2.45, 2.75) is 58.6 Å². The number of carbonyl (C=O) groups excluding carboxylic acids is 3. The zero-order valence-electron chi connectivity index (χ0n) is 14.6. The molecule has 3 rings (SSSR count). The van der Waals surface area contributed by atoms with Gasteiger partial charge in [0.05, 0.1) is 12.5 Å². The molecule has 1 unspecified atom stereocenters. The summed E-state index contributed by atoms with van der Waals surface area (Å²) in [5.41, 5.74) is 0. The fourth-order valence-corrected chi connectivity index (χ4v) is 5.31.